The van der Waals surface area contributed by atoms with Crippen LogP contribution in [0.25, 0.3) is 0 Å². The normalized spacial score (nSPS) is 41.7. The highest BCUT2D eigenvalue weighted by Crippen LogP contribution is 2.70. The van der Waals surface area contributed by atoms with E-state index in [4.69, 9.17) is 44.3 Å². The number of halogens is 3. The number of benzene rings is 1. The van der Waals surface area contributed by atoms with Gasteiger partial charge in [0, 0.05) is 21.6 Å². The third-order valence-corrected chi connectivity index (χ3v) is 12.8. The lowest BCUT2D eigenvalue weighted by Crippen LogP contribution is -2.63. The molecule has 1 aromatic carbocycles. The molecule has 4 aliphatic carbocycles. The lowest BCUT2D eigenvalue weighted by Gasteiger charge is -2.59. The highest BCUT2D eigenvalue weighted by atomic mass is 35.5. The topological polar surface area (TPSA) is 72.8 Å². The van der Waals surface area contributed by atoms with Gasteiger partial charge < -0.3 is 14.6 Å². The van der Waals surface area contributed by atoms with Crippen LogP contribution in [0.3, 0.4) is 0 Å². The fourth-order valence-corrected chi connectivity index (χ4v) is 10.5. The molecule has 5 aliphatic rings. The molecule has 9 heteroatoms. The number of Topliss-reactive ketones (excluding diaryl/α,β-unsaturated/α-hetero) is 1. The first-order valence-electron chi connectivity index (χ1n) is 14.2. The number of aliphatic hydroxyl groups excluding tert-OH is 1. The van der Waals surface area contributed by atoms with Crippen molar-refractivity contribution >= 4 is 58.1 Å². The van der Waals surface area contributed by atoms with Crippen LogP contribution < -0.4 is 0 Å². The second-order valence-electron chi connectivity index (χ2n) is 12.6. The van der Waals surface area contributed by atoms with Crippen molar-refractivity contribution in [2.24, 2.45) is 28.6 Å². The Bertz CT molecular complexity index is 1310. The molecule has 1 N–H and O–H groups in total. The molecule has 0 aromatic heterocycles. The van der Waals surface area contributed by atoms with E-state index in [-0.39, 0.29) is 46.6 Å². The Balaban J connectivity index is 1.34. The number of ether oxygens (including phenoxy) is 2. The van der Waals surface area contributed by atoms with E-state index in [1.807, 2.05) is 6.08 Å². The van der Waals surface area contributed by atoms with E-state index >= 15 is 0 Å². The molecule has 9 atom stereocenters. The molecule has 0 radical (unpaired) electrons. The SMILES string of the molecule is CCC[C@@H]1O[C@@H]2CC3C4CCC5=CC(=O)C=CC5(C)C4[C@@H](O)CC3(C)[C@]2(C(=O)CSc2cc(Cl)c(Cl)cc2Cl)O1. The quantitative estimate of drug-likeness (QED) is 0.261. The number of ketones is 2. The summed E-state index contributed by atoms with van der Waals surface area (Å²) in [5, 5.41) is 13.1. The van der Waals surface area contributed by atoms with Crippen LogP contribution in [0.4, 0.5) is 0 Å². The summed E-state index contributed by atoms with van der Waals surface area (Å²) in [6, 6.07) is 3.28. The number of hydrogen-bond acceptors (Lipinski definition) is 6. The fraction of sp³-hybridized carbons (Fsp3) is 0.613. The number of aliphatic hydroxyl groups is 1. The molecule has 4 fully saturated rings. The van der Waals surface area contributed by atoms with Gasteiger partial charge in [-0.25, -0.2) is 0 Å². The zero-order chi connectivity index (χ0) is 28.6. The van der Waals surface area contributed by atoms with Gasteiger partial charge in [-0.05, 0) is 68.2 Å². The molecule has 1 aromatic rings. The molecule has 0 amide bonds. The van der Waals surface area contributed by atoms with Crippen LogP contribution in [0.15, 0.2) is 40.8 Å². The second-order valence-corrected chi connectivity index (χ2v) is 14.8. The molecule has 0 bridgehead atoms. The Hall–Kier alpha value is -0.860. The maximum Gasteiger partial charge on any atom is 0.178 e. The van der Waals surface area contributed by atoms with Crippen LogP contribution in [0.2, 0.25) is 15.1 Å². The summed E-state index contributed by atoms with van der Waals surface area (Å²) in [5.41, 5.74) is -1.03. The highest BCUT2D eigenvalue weighted by Gasteiger charge is 2.75. The van der Waals surface area contributed by atoms with Gasteiger partial charge in [0.15, 0.2) is 23.5 Å². The predicted octanol–water partition coefficient (Wildman–Crippen LogP) is 7.48. The van der Waals surface area contributed by atoms with Crippen LogP contribution >= 0.6 is 46.6 Å². The van der Waals surface area contributed by atoms with Crippen LogP contribution in [-0.4, -0.2) is 46.5 Å². The van der Waals surface area contributed by atoms with Crippen molar-refractivity contribution in [2.45, 2.75) is 88.3 Å². The molecule has 1 aliphatic heterocycles. The van der Waals surface area contributed by atoms with Crippen molar-refractivity contribution in [3.8, 4) is 0 Å². The van der Waals surface area contributed by atoms with Crippen LogP contribution in [0.5, 0.6) is 0 Å². The van der Waals surface area contributed by atoms with Crippen molar-refractivity contribution < 1.29 is 24.2 Å². The van der Waals surface area contributed by atoms with Crippen molar-refractivity contribution in [2.75, 3.05) is 5.75 Å². The third-order valence-electron chi connectivity index (χ3n) is 10.6. The van der Waals surface area contributed by atoms with Crippen LogP contribution in [0.1, 0.15) is 59.3 Å². The van der Waals surface area contributed by atoms with Crippen LogP contribution in [-0.2, 0) is 19.1 Å². The summed E-state index contributed by atoms with van der Waals surface area (Å²) < 4.78 is 13.2. The van der Waals surface area contributed by atoms with E-state index in [0.717, 1.165) is 24.8 Å². The maximum absolute atomic E-state index is 14.4. The Labute approximate surface area is 255 Å². The number of hydrogen-bond donors (Lipinski definition) is 1. The average molecular weight is 626 g/mol. The first kappa shape index (κ1) is 29.2. The zero-order valence-electron chi connectivity index (χ0n) is 22.9. The molecule has 216 valence electrons. The zero-order valence-corrected chi connectivity index (χ0v) is 26.0. The number of carbonyl (C=O) groups is 2. The minimum absolute atomic E-state index is 0.0179. The monoisotopic (exact) mass is 624 g/mol. The van der Waals surface area contributed by atoms with Crippen molar-refractivity contribution in [1.82, 2.24) is 0 Å². The van der Waals surface area contributed by atoms with Crippen LogP contribution in [0, 0.1) is 28.6 Å². The Morgan fingerprint density at radius 1 is 1.18 bits per heavy atom. The number of rotatable bonds is 6. The molecular weight excluding hydrogens is 591 g/mol. The standard InChI is InChI=1S/C31H35Cl3O5S/c1-4-5-27-38-26-11-19-18-7-6-16-10-17(35)8-9-29(16,2)28(18)23(36)14-30(19,3)31(26,39-27)25(37)15-40-24-13-21(33)20(32)12-22(24)34/h8-10,12-13,18-19,23,26-28,36H,4-7,11,14-15H2,1-3H3/t18?,19?,23-,26+,27+,28?,29?,30?,31+/m0/s1. The number of carbonyl (C=O) groups excluding carboxylic acids is 2. The van der Waals surface area contributed by atoms with Crippen molar-refractivity contribution in [3.05, 3.63) is 51.0 Å². The molecule has 5 unspecified atom stereocenters. The fourth-order valence-electron chi connectivity index (χ4n) is 8.87. The maximum atomic E-state index is 14.4. The predicted molar refractivity (Wildman–Crippen MR) is 158 cm³/mol. The molecular formula is C31H35Cl3O5S. The lowest BCUT2D eigenvalue weighted by molar-refractivity contribution is -0.197. The number of thioether (sulfide) groups is 1. The van der Waals surface area contributed by atoms with E-state index < -0.39 is 23.4 Å². The van der Waals surface area contributed by atoms with E-state index in [9.17, 15) is 14.7 Å². The average Bonchev–Trinajstić information content (AvgIpc) is 3.37. The highest BCUT2D eigenvalue weighted by molar-refractivity contribution is 8.00. The molecule has 1 heterocycles. The first-order chi connectivity index (χ1) is 18.9. The minimum Gasteiger partial charge on any atom is -0.393 e. The van der Waals surface area contributed by atoms with Gasteiger partial charge in [-0.2, -0.15) is 0 Å². The smallest absolute Gasteiger partial charge is 0.178 e. The van der Waals surface area contributed by atoms with Gasteiger partial charge in [0.2, 0.25) is 0 Å². The van der Waals surface area contributed by atoms with Gasteiger partial charge in [0.1, 0.15) is 0 Å². The van der Waals surface area contributed by atoms with Gasteiger partial charge in [0.25, 0.3) is 0 Å². The van der Waals surface area contributed by atoms with Gasteiger partial charge in [-0.15, -0.1) is 11.8 Å². The Morgan fingerprint density at radius 3 is 2.67 bits per heavy atom. The molecule has 1 saturated heterocycles. The summed E-state index contributed by atoms with van der Waals surface area (Å²) in [5.74, 6) is 0.405. The third kappa shape index (κ3) is 4.23. The first-order valence-corrected chi connectivity index (χ1v) is 16.3. The molecule has 5 nitrogen and oxygen atoms in total. The van der Waals surface area contributed by atoms with Gasteiger partial charge in [0.05, 0.1) is 33.0 Å². The summed E-state index contributed by atoms with van der Waals surface area (Å²) in [6.07, 6.45) is 8.35. The molecule has 3 saturated carbocycles. The molecule has 6 rings (SSSR count). The summed E-state index contributed by atoms with van der Waals surface area (Å²) in [4.78, 5) is 27.3. The second kappa shape index (κ2) is 10.4. The van der Waals surface area contributed by atoms with E-state index in [0.29, 0.717) is 39.2 Å². The lowest BCUT2D eigenvalue weighted by atomic mass is 9.46. The Kier molecular flexibility index (Phi) is 7.59. The van der Waals surface area contributed by atoms with E-state index in [2.05, 4.69) is 20.8 Å². The van der Waals surface area contributed by atoms with Gasteiger partial charge in [-0.3, -0.25) is 9.59 Å². The van der Waals surface area contributed by atoms with Gasteiger partial charge >= 0.3 is 0 Å². The molecule has 40 heavy (non-hydrogen) atoms. The van der Waals surface area contributed by atoms with E-state index in [1.165, 1.54) is 11.8 Å². The summed E-state index contributed by atoms with van der Waals surface area (Å²) in [6.45, 7) is 6.37. The largest absolute Gasteiger partial charge is 0.393 e. The summed E-state index contributed by atoms with van der Waals surface area (Å²) >= 11 is 20.1. The van der Waals surface area contributed by atoms with E-state index in [1.54, 1.807) is 24.3 Å². The van der Waals surface area contributed by atoms with Crippen molar-refractivity contribution in [1.29, 1.82) is 0 Å². The Morgan fingerprint density at radius 2 is 1.93 bits per heavy atom. The van der Waals surface area contributed by atoms with Crippen molar-refractivity contribution in [3.63, 3.8) is 0 Å². The number of fused-ring (bicyclic) bond motifs is 7. The summed E-state index contributed by atoms with van der Waals surface area (Å²) in [7, 11) is 0. The molecule has 0 spiro atoms. The minimum atomic E-state index is -1.16. The number of allylic oxidation sites excluding steroid dienone is 4. The van der Waals surface area contributed by atoms with Gasteiger partial charge in [-0.1, -0.05) is 73.6 Å².